The molecule has 0 aromatic carbocycles. The Labute approximate surface area is 130 Å². The Morgan fingerprint density at radius 2 is 1.86 bits per heavy atom. The molecule has 1 nitrogen and oxygen atoms in total. The molecule has 7 unspecified atom stereocenters. The van der Waals surface area contributed by atoms with Gasteiger partial charge in [-0.05, 0) is 98.3 Å². The predicted octanol–water partition coefficient (Wildman–Crippen LogP) is 4.33. The quantitative estimate of drug-likeness (QED) is 0.757. The molecule has 1 heteroatoms. The van der Waals surface area contributed by atoms with Gasteiger partial charge in [-0.15, -0.1) is 0 Å². The summed E-state index contributed by atoms with van der Waals surface area (Å²) in [6, 6.07) is 0.811. The first-order chi connectivity index (χ1) is 10.2. The van der Waals surface area contributed by atoms with Crippen molar-refractivity contribution in [1.82, 2.24) is 5.32 Å². The lowest BCUT2D eigenvalue weighted by Crippen LogP contribution is -2.57. The van der Waals surface area contributed by atoms with Crippen LogP contribution in [0, 0.1) is 52.8 Å². The highest BCUT2D eigenvalue weighted by molar-refractivity contribution is 5.19. The molecule has 0 amide bonds. The van der Waals surface area contributed by atoms with Gasteiger partial charge in [-0.2, -0.15) is 0 Å². The lowest BCUT2D eigenvalue weighted by Gasteiger charge is -2.63. The highest BCUT2D eigenvalue weighted by atomic mass is 14.9. The minimum Gasteiger partial charge on any atom is -0.317 e. The highest BCUT2D eigenvalue weighted by Crippen LogP contribution is 2.77. The van der Waals surface area contributed by atoms with E-state index in [0.29, 0.717) is 0 Å². The molecule has 1 N–H and O–H groups in total. The van der Waals surface area contributed by atoms with Crippen LogP contribution in [-0.2, 0) is 0 Å². The van der Waals surface area contributed by atoms with Crippen LogP contribution in [0.2, 0.25) is 0 Å². The van der Waals surface area contributed by atoms with Gasteiger partial charge in [0.15, 0.2) is 0 Å². The van der Waals surface area contributed by atoms with E-state index in [9.17, 15) is 0 Å². The molecule has 118 valence electrons. The van der Waals surface area contributed by atoms with E-state index in [0.717, 1.165) is 58.8 Å². The summed E-state index contributed by atoms with van der Waals surface area (Å²) in [5.41, 5.74) is 0.840. The van der Waals surface area contributed by atoms with Crippen molar-refractivity contribution in [2.75, 3.05) is 7.05 Å². The topological polar surface area (TPSA) is 12.0 Å². The first kappa shape index (κ1) is 13.4. The van der Waals surface area contributed by atoms with Gasteiger partial charge >= 0.3 is 0 Å². The number of hydrogen-bond donors (Lipinski definition) is 1. The lowest BCUT2D eigenvalue weighted by molar-refractivity contribution is -0.153. The Bertz CT molecular complexity index is 441. The average molecular weight is 287 g/mol. The van der Waals surface area contributed by atoms with E-state index in [1.54, 1.807) is 32.1 Å². The molecule has 1 spiro atoms. The predicted molar refractivity (Wildman–Crippen MR) is 86.9 cm³/mol. The number of fused-ring (bicyclic) bond motifs is 2. The van der Waals surface area contributed by atoms with Crippen LogP contribution in [-0.4, -0.2) is 13.1 Å². The molecule has 4 bridgehead atoms. The third kappa shape index (κ3) is 1.44. The Balaban J connectivity index is 1.56. The van der Waals surface area contributed by atoms with E-state index in [1.165, 1.54) is 12.8 Å². The van der Waals surface area contributed by atoms with E-state index in [2.05, 4.69) is 26.2 Å². The zero-order valence-electron chi connectivity index (χ0n) is 14.1. The molecular weight excluding hydrogens is 254 g/mol. The largest absolute Gasteiger partial charge is 0.317 e. The molecule has 0 radical (unpaired) electrons. The highest BCUT2D eigenvalue weighted by Gasteiger charge is 2.70. The van der Waals surface area contributed by atoms with E-state index < -0.39 is 0 Å². The van der Waals surface area contributed by atoms with Crippen molar-refractivity contribution < 1.29 is 0 Å². The number of rotatable bonds is 1. The molecule has 0 saturated heterocycles. The van der Waals surface area contributed by atoms with Crippen LogP contribution < -0.4 is 5.32 Å². The summed E-state index contributed by atoms with van der Waals surface area (Å²) >= 11 is 0. The van der Waals surface area contributed by atoms with E-state index in [1.807, 2.05) is 0 Å². The molecule has 6 aliphatic rings. The van der Waals surface area contributed by atoms with Crippen LogP contribution in [0.15, 0.2) is 0 Å². The van der Waals surface area contributed by atoms with Crippen LogP contribution in [0.4, 0.5) is 0 Å². The third-order valence-corrected chi connectivity index (χ3v) is 9.46. The van der Waals surface area contributed by atoms with Gasteiger partial charge in [0.2, 0.25) is 0 Å². The Hall–Kier alpha value is -0.0400. The first-order valence-corrected chi connectivity index (χ1v) is 9.84. The summed E-state index contributed by atoms with van der Waals surface area (Å²) in [5, 5.41) is 3.69. The zero-order valence-corrected chi connectivity index (χ0v) is 14.1. The van der Waals surface area contributed by atoms with Gasteiger partial charge in [-0.3, -0.25) is 0 Å². The molecule has 0 aliphatic heterocycles. The van der Waals surface area contributed by atoms with Gasteiger partial charge in [-0.25, -0.2) is 0 Å². The van der Waals surface area contributed by atoms with Crippen molar-refractivity contribution in [1.29, 1.82) is 0 Å². The van der Waals surface area contributed by atoms with E-state index >= 15 is 0 Å². The van der Waals surface area contributed by atoms with Gasteiger partial charge in [0.05, 0.1) is 0 Å². The van der Waals surface area contributed by atoms with Crippen LogP contribution >= 0.6 is 0 Å². The van der Waals surface area contributed by atoms with Crippen molar-refractivity contribution in [2.24, 2.45) is 52.8 Å². The number of nitrogens with one attached hydrogen (secondary N) is 1. The molecule has 6 saturated carbocycles. The summed E-state index contributed by atoms with van der Waals surface area (Å²) in [6.45, 7) is 5.28. The molecule has 6 rings (SSSR count). The normalized spacial score (nSPS) is 64.4. The van der Waals surface area contributed by atoms with Gasteiger partial charge in [0.1, 0.15) is 0 Å². The van der Waals surface area contributed by atoms with Gasteiger partial charge in [0, 0.05) is 6.04 Å². The van der Waals surface area contributed by atoms with E-state index in [-0.39, 0.29) is 0 Å². The Kier molecular flexibility index (Phi) is 2.73. The zero-order chi connectivity index (χ0) is 14.4. The van der Waals surface area contributed by atoms with Crippen LogP contribution in [0.3, 0.4) is 0 Å². The maximum Gasteiger partial charge on any atom is 0.00950 e. The summed E-state index contributed by atoms with van der Waals surface area (Å²) in [7, 11) is 2.21. The minimum atomic E-state index is 0.811. The second-order valence-corrected chi connectivity index (χ2v) is 9.55. The summed E-state index contributed by atoms with van der Waals surface area (Å²) in [4.78, 5) is 0. The summed E-state index contributed by atoms with van der Waals surface area (Å²) in [5.74, 6) is 8.52. The Morgan fingerprint density at radius 3 is 2.62 bits per heavy atom. The fraction of sp³-hybridized carbons (Fsp3) is 1.00. The van der Waals surface area contributed by atoms with E-state index in [4.69, 9.17) is 0 Å². The first-order valence-electron chi connectivity index (χ1n) is 9.84. The molecule has 21 heavy (non-hydrogen) atoms. The molecule has 0 heterocycles. The van der Waals surface area contributed by atoms with Gasteiger partial charge in [0.25, 0.3) is 0 Å². The fourth-order valence-electron chi connectivity index (χ4n) is 9.09. The monoisotopic (exact) mass is 287 g/mol. The molecule has 0 aromatic heterocycles. The second kappa shape index (κ2) is 4.28. The summed E-state index contributed by atoms with van der Waals surface area (Å²) < 4.78 is 0. The average Bonchev–Trinajstić information content (AvgIpc) is 3.08. The van der Waals surface area contributed by atoms with Crippen molar-refractivity contribution in [3.8, 4) is 0 Å². The van der Waals surface area contributed by atoms with Crippen LogP contribution in [0.5, 0.6) is 0 Å². The number of hydrogen-bond acceptors (Lipinski definition) is 1. The molecule has 6 fully saturated rings. The molecule has 6 aliphatic carbocycles. The molecule has 0 aromatic rings. The van der Waals surface area contributed by atoms with Crippen molar-refractivity contribution in [3.05, 3.63) is 0 Å². The SMILES string of the molecule is CN[C@H]1CCCC2[C@H]3CC1C(C)C3[C@H](C)C1C3CCC12C3. The Morgan fingerprint density at radius 1 is 1.00 bits per heavy atom. The standard InChI is InChI=1S/C20H33N/c1-11-14-9-15-16(5-4-6-17(14)21-3)20-8-7-13(10-20)19(20)12(2)18(11)15/h11-19,21H,4-10H2,1-3H3/t11?,12-,13?,14?,15+,16?,17-,18?,19?,20?/m0/s1. The molecular formula is C20H33N. The fourth-order valence-corrected chi connectivity index (χ4v) is 9.09. The maximum absolute atomic E-state index is 3.69. The van der Waals surface area contributed by atoms with Crippen molar-refractivity contribution >= 4 is 0 Å². The molecule has 10 atom stereocenters. The van der Waals surface area contributed by atoms with Crippen LogP contribution in [0.1, 0.15) is 58.8 Å². The summed E-state index contributed by atoms with van der Waals surface area (Å²) in [6.07, 6.45) is 10.9. The lowest BCUT2D eigenvalue weighted by atomic mass is 9.41. The minimum absolute atomic E-state index is 0.811. The van der Waals surface area contributed by atoms with Gasteiger partial charge < -0.3 is 5.32 Å². The smallest absolute Gasteiger partial charge is 0.00950 e. The van der Waals surface area contributed by atoms with Crippen molar-refractivity contribution in [2.45, 2.75) is 64.8 Å². The second-order valence-electron chi connectivity index (χ2n) is 9.55. The van der Waals surface area contributed by atoms with Crippen molar-refractivity contribution in [3.63, 3.8) is 0 Å². The van der Waals surface area contributed by atoms with Crippen LogP contribution in [0.25, 0.3) is 0 Å². The third-order valence-electron chi connectivity index (χ3n) is 9.46. The maximum atomic E-state index is 3.69. The van der Waals surface area contributed by atoms with Gasteiger partial charge in [-0.1, -0.05) is 20.3 Å².